The van der Waals surface area contributed by atoms with Gasteiger partial charge in [0.15, 0.2) is 0 Å². The molecule has 0 unspecified atom stereocenters. The topological polar surface area (TPSA) is 78.9 Å². The number of carboxylic acids is 1. The first-order valence-electron chi connectivity index (χ1n) is 10.1. The second-order valence-electron chi connectivity index (χ2n) is 7.63. The molecule has 0 aliphatic carbocycles. The lowest BCUT2D eigenvalue weighted by Gasteiger charge is -2.49. The van der Waals surface area contributed by atoms with Crippen molar-refractivity contribution >= 4 is 17.6 Å². The lowest BCUT2D eigenvalue weighted by atomic mass is 9.74. The molecule has 0 saturated carbocycles. The fraction of sp³-hybridized carbons (Fsp3) is 0.391. The van der Waals surface area contributed by atoms with Crippen LogP contribution in [0.4, 0.5) is 5.69 Å². The zero-order valence-electron chi connectivity index (χ0n) is 16.7. The van der Waals surface area contributed by atoms with Crippen LogP contribution in [0.15, 0.2) is 42.5 Å². The van der Waals surface area contributed by atoms with Crippen molar-refractivity contribution in [3.05, 3.63) is 59.2 Å². The van der Waals surface area contributed by atoms with Crippen molar-refractivity contribution in [1.29, 1.82) is 0 Å². The summed E-state index contributed by atoms with van der Waals surface area (Å²) in [4.78, 5) is 26.0. The molecule has 2 aliphatic heterocycles. The lowest BCUT2D eigenvalue weighted by Crippen LogP contribution is -2.49. The first-order chi connectivity index (χ1) is 14.0. The molecule has 1 saturated heterocycles. The maximum atomic E-state index is 12.9. The SMILES string of the molecule is CCOc1cccc2c1N(C(C)=O)[C@@H](c1ccc(C(=O)O)cc1)[C@H]1CCCN[C@@H]21. The van der Waals surface area contributed by atoms with E-state index in [0.717, 1.165) is 36.2 Å². The molecule has 6 nitrogen and oxygen atoms in total. The van der Waals surface area contributed by atoms with Crippen LogP contribution in [0.5, 0.6) is 5.75 Å². The number of fused-ring (bicyclic) bond motifs is 3. The summed E-state index contributed by atoms with van der Waals surface area (Å²) in [6.07, 6.45) is 2.03. The quantitative estimate of drug-likeness (QED) is 0.821. The highest BCUT2D eigenvalue weighted by Gasteiger charge is 2.45. The Hall–Kier alpha value is -2.86. The van der Waals surface area contributed by atoms with E-state index in [0.29, 0.717) is 12.4 Å². The van der Waals surface area contributed by atoms with Gasteiger partial charge < -0.3 is 20.1 Å². The van der Waals surface area contributed by atoms with E-state index in [-0.39, 0.29) is 29.5 Å². The molecule has 0 bridgehead atoms. The number of nitrogens with one attached hydrogen (secondary N) is 1. The molecule has 0 spiro atoms. The van der Waals surface area contributed by atoms with Gasteiger partial charge in [-0.25, -0.2) is 4.79 Å². The van der Waals surface area contributed by atoms with Crippen molar-refractivity contribution in [3.8, 4) is 5.75 Å². The molecule has 3 atom stereocenters. The molecule has 2 heterocycles. The van der Waals surface area contributed by atoms with Gasteiger partial charge in [0.25, 0.3) is 0 Å². The molecule has 0 radical (unpaired) electrons. The van der Waals surface area contributed by atoms with Gasteiger partial charge in [-0.2, -0.15) is 0 Å². The van der Waals surface area contributed by atoms with Gasteiger partial charge in [0.2, 0.25) is 5.91 Å². The monoisotopic (exact) mass is 394 g/mol. The zero-order valence-corrected chi connectivity index (χ0v) is 16.7. The largest absolute Gasteiger partial charge is 0.492 e. The summed E-state index contributed by atoms with van der Waals surface area (Å²) in [5, 5.41) is 12.9. The van der Waals surface area contributed by atoms with Gasteiger partial charge in [0.1, 0.15) is 5.75 Å². The Kier molecular flexibility index (Phi) is 5.28. The number of aromatic carboxylic acids is 1. The number of carbonyl (C=O) groups is 2. The molecular weight excluding hydrogens is 368 g/mol. The number of carbonyl (C=O) groups excluding carboxylic acids is 1. The number of anilines is 1. The van der Waals surface area contributed by atoms with Crippen LogP contribution >= 0.6 is 0 Å². The van der Waals surface area contributed by atoms with Crippen molar-refractivity contribution in [3.63, 3.8) is 0 Å². The fourth-order valence-electron chi connectivity index (χ4n) is 4.82. The Morgan fingerprint density at radius 2 is 1.97 bits per heavy atom. The van der Waals surface area contributed by atoms with Gasteiger partial charge in [0.05, 0.1) is 23.9 Å². The highest BCUT2D eigenvalue weighted by Crippen LogP contribution is 2.53. The van der Waals surface area contributed by atoms with E-state index in [1.165, 1.54) is 0 Å². The lowest BCUT2D eigenvalue weighted by molar-refractivity contribution is -0.117. The molecule has 4 rings (SSSR count). The summed E-state index contributed by atoms with van der Waals surface area (Å²) in [7, 11) is 0. The van der Waals surface area contributed by atoms with Crippen LogP contribution in [0.3, 0.4) is 0 Å². The number of amides is 1. The second-order valence-corrected chi connectivity index (χ2v) is 7.63. The van der Waals surface area contributed by atoms with E-state index in [1.807, 2.05) is 36.1 Å². The van der Waals surface area contributed by atoms with E-state index in [4.69, 9.17) is 4.74 Å². The Labute approximate surface area is 170 Å². The third-order valence-corrected chi connectivity index (χ3v) is 5.93. The number of benzene rings is 2. The normalized spacial score (nSPS) is 23.1. The van der Waals surface area contributed by atoms with E-state index in [9.17, 15) is 14.7 Å². The van der Waals surface area contributed by atoms with Gasteiger partial charge >= 0.3 is 5.97 Å². The first kappa shape index (κ1) is 19.5. The maximum absolute atomic E-state index is 12.9. The average molecular weight is 394 g/mol. The van der Waals surface area contributed by atoms with Crippen LogP contribution in [0, 0.1) is 5.92 Å². The van der Waals surface area contributed by atoms with Crippen molar-refractivity contribution in [2.24, 2.45) is 5.92 Å². The molecule has 2 aromatic carbocycles. The number of para-hydroxylation sites is 1. The van der Waals surface area contributed by atoms with Crippen LogP contribution in [-0.2, 0) is 4.79 Å². The van der Waals surface area contributed by atoms with Gasteiger partial charge in [-0.1, -0.05) is 24.3 Å². The van der Waals surface area contributed by atoms with Crippen LogP contribution in [0.1, 0.15) is 60.3 Å². The fourth-order valence-corrected chi connectivity index (χ4v) is 4.82. The summed E-state index contributed by atoms with van der Waals surface area (Å²) in [6.45, 7) is 4.97. The van der Waals surface area contributed by atoms with Gasteiger partial charge in [0, 0.05) is 18.9 Å². The number of nitrogens with zero attached hydrogens (tertiary/aromatic N) is 1. The first-order valence-corrected chi connectivity index (χ1v) is 10.1. The zero-order chi connectivity index (χ0) is 20.5. The number of ether oxygens (including phenoxy) is 1. The van der Waals surface area contributed by atoms with Crippen LogP contribution in [0.2, 0.25) is 0 Å². The maximum Gasteiger partial charge on any atom is 0.335 e. The van der Waals surface area contributed by atoms with E-state index in [2.05, 4.69) is 11.4 Å². The minimum absolute atomic E-state index is 0.0465. The smallest absolute Gasteiger partial charge is 0.335 e. The third-order valence-electron chi connectivity index (χ3n) is 5.93. The summed E-state index contributed by atoms with van der Waals surface area (Å²) in [6, 6.07) is 12.8. The molecule has 2 aromatic rings. The minimum Gasteiger partial charge on any atom is -0.492 e. The highest BCUT2D eigenvalue weighted by atomic mass is 16.5. The van der Waals surface area contributed by atoms with E-state index in [1.54, 1.807) is 19.1 Å². The van der Waals surface area contributed by atoms with Crippen LogP contribution in [0.25, 0.3) is 0 Å². The van der Waals surface area contributed by atoms with Crippen LogP contribution < -0.4 is 15.0 Å². The molecule has 6 heteroatoms. The summed E-state index contributed by atoms with van der Waals surface area (Å²) in [5.74, 6) is -0.0922. The molecule has 152 valence electrons. The van der Waals surface area contributed by atoms with E-state index < -0.39 is 5.97 Å². The molecule has 0 aromatic heterocycles. The Morgan fingerprint density at radius 3 is 2.62 bits per heavy atom. The summed E-state index contributed by atoms with van der Waals surface area (Å²) in [5.41, 5.74) is 3.10. The Bertz CT molecular complexity index is 925. The predicted molar refractivity (Wildman–Crippen MR) is 110 cm³/mol. The standard InChI is InChI=1S/C23H26N2O4/c1-3-29-19-8-4-6-18-20-17(7-5-13-24-20)21(25(14(2)26)22(18)19)15-9-11-16(12-10-15)23(27)28/h4,6,8-12,17,20-21,24H,3,5,7,13H2,1-2H3,(H,27,28)/t17-,20+,21-/m0/s1. The molecule has 2 N–H and O–H groups in total. The van der Waals surface area contributed by atoms with Gasteiger partial charge in [-0.05, 0) is 55.6 Å². The van der Waals surface area contributed by atoms with Crippen molar-refractivity contribution in [1.82, 2.24) is 5.32 Å². The second kappa shape index (κ2) is 7.87. The number of hydrogen-bond donors (Lipinski definition) is 2. The molecule has 1 amide bonds. The number of hydrogen-bond acceptors (Lipinski definition) is 4. The van der Waals surface area contributed by atoms with Crippen molar-refractivity contribution < 1.29 is 19.4 Å². The van der Waals surface area contributed by atoms with E-state index >= 15 is 0 Å². The number of piperidine rings is 1. The van der Waals surface area contributed by atoms with Crippen molar-refractivity contribution in [2.45, 2.75) is 38.8 Å². The minimum atomic E-state index is -0.954. The van der Waals surface area contributed by atoms with Gasteiger partial charge in [-0.3, -0.25) is 4.79 Å². The van der Waals surface area contributed by atoms with Crippen molar-refractivity contribution in [2.75, 3.05) is 18.1 Å². The predicted octanol–water partition coefficient (Wildman–Crippen LogP) is 3.93. The molecule has 2 aliphatic rings. The number of carboxylic acid groups (broad SMARTS) is 1. The molecule has 29 heavy (non-hydrogen) atoms. The molecular formula is C23H26N2O4. The van der Waals surface area contributed by atoms with Crippen LogP contribution in [-0.4, -0.2) is 30.1 Å². The Balaban J connectivity index is 1.89. The average Bonchev–Trinajstić information content (AvgIpc) is 2.73. The molecule has 1 fully saturated rings. The Morgan fingerprint density at radius 1 is 1.21 bits per heavy atom. The third kappa shape index (κ3) is 3.38. The number of rotatable bonds is 4. The van der Waals surface area contributed by atoms with Gasteiger partial charge in [-0.15, -0.1) is 0 Å². The summed E-state index contributed by atoms with van der Waals surface area (Å²) >= 11 is 0. The summed E-state index contributed by atoms with van der Waals surface area (Å²) < 4.78 is 5.90. The highest BCUT2D eigenvalue weighted by molar-refractivity contribution is 5.96.